The summed E-state index contributed by atoms with van der Waals surface area (Å²) >= 11 is 0. The van der Waals surface area contributed by atoms with Gasteiger partial charge in [0.05, 0.1) is 0 Å². The van der Waals surface area contributed by atoms with Gasteiger partial charge >= 0.3 is 0 Å². The molecule has 1 aliphatic rings. The van der Waals surface area contributed by atoms with Gasteiger partial charge in [0.25, 0.3) is 0 Å². The summed E-state index contributed by atoms with van der Waals surface area (Å²) in [5.74, 6) is 0. The third-order valence-corrected chi connectivity index (χ3v) is 5.71. The molecule has 0 bridgehead atoms. The van der Waals surface area contributed by atoms with Crippen LogP contribution in [0.2, 0.25) is 0 Å². The summed E-state index contributed by atoms with van der Waals surface area (Å²) < 4.78 is 0. The lowest BCUT2D eigenvalue weighted by Gasteiger charge is -2.33. The van der Waals surface area contributed by atoms with E-state index in [1.807, 2.05) is 0 Å². The lowest BCUT2D eigenvalue weighted by atomic mass is 9.70. The highest BCUT2D eigenvalue weighted by Gasteiger charge is 2.41. The number of nitrogens with two attached hydrogens (primary N) is 1. The molecule has 0 saturated carbocycles. The maximum absolute atomic E-state index is 6.20. The van der Waals surface area contributed by atoms with Crippen molar-refractivity contribution in [2.24, 2.45) is 0 Å². The highest BCUT2D eigenvalue weighted by Crippen LogP contribution is 2.54. The minimum absolute atomic E-state index is 0.172. The van der Waals surface area contributed by atoms with Crippen LogP contribution in [0, 0.1) is 0 Å². The smallest absolute Gasteiger partial charge is 0.0317 e. The number of nitrogen functional groups attached to an aromatic ring is 1. The van der Waals surface area contributed by atoms with Gasteiger partial charge in [-0.3, -0.25) is 0 Å². The van der Waals surface area contributed by atoms with Crippen LogP contribution in [0.4, 0.5) is 5.69 Å². The summed E-state index contributed by atoms with van der Waals surface area (Å²) in [6, 6.07) is 15.6. The number of benzene rings is 2. The first-order valence-electron chi connectivity index (χ1n) is 9.73. The third kappa shape index (κ3) is 2.97. The van der Waals surface area contributed by atoms with E-state index < -0.39 is 0 Å². The highest BCUT2D eigenvalue weighted by molar-refractivity contribution is 5.82. The molecule has 0 spiro atoms. The average Bonchev–Trinajstić information content (AvgIpc) is 2.86. The van der Waals surface area contributed by atoms with E-state index >= 15 is 0 Å². The fourth-order valence-corrected chi connectivity index (χ4v) is 4.49. The standard InChI is InChI=1S/C23H31N/c1-3-5-9-15-23(16-10-6-4-2)21-12-8-7-11-19(21)20-14-13-18(24)17-22(20)23/h7-8,11-14,17H,3-6,9-10,15-16,24H2,1-2H3. The zero-order valence-electron chi connectivity index (χ0n) is 15.3. The lowest BCUT2D eigenvalue weighted by molar-refractivity contribution is 0.405. The molecule has 1 heteroatoms. The summed E-state index contributed by atoms with van der Waals surface area (Å²) in [5.41, 5.74) is 13.1. The van der Waals surface area contributed by atoms with E-state index in [4.69, 9.17) is 5.73 Å². The van der Waals surface area contributed by atoms with Crippen molar-refractivity contribution in [1.29, 1.82) is 0 Å². The number of hydrogen-bond donors (Lipinski definition) is 1. The molecule has 0 fully saturated rings. The van der Waals surface area contributed by atoms with Gasteiger partial charge in [0.1, 0.15) is 0 Å². The predicted octanol–water partition coefficient (Wildman–Crippen LogP) is 6.70. The van der Waals surface area contributed by atoms with Gasteiger partial charge < -0.3 is 5.73 Å². The molecule has 3 rings (SSSR count). The summed E-state index contributed by atoms with van der Waals surface area (Å²) in [7, 11) is 0. The van der Waals surface area contributed by atoms with Crippen molar-refractivity contribution in [2.45, 2.75) is 70.6 Å². The Balaban J connectivity index is 2.09. The second-order valence-corrected chi connectivity index (χ2v) is 7.35. The number of anilines is 1. The van der Waals surface area contributed by atoms with Gasteiger partial charge in [-0.05, 0) is 47.2 Å². The van der Waals surface area contributed by atoms with Crippen molar-refractivity contribution < 1.29 is 0 Å². The van der Waals surface area contributed by atoms with Crippen LogP contribution in [0.1, 0.15) is 76.3 Å². The Bertz CT molecular complexity index is 676. The first kappa shape index (κ1) is 17.1. The molecule has 2 aromatic rings. The Kier molecular flexibility index (Phi) is 5.28. The normalized spacial score (nSPS) is 14.4. The second kappa shape index (κ2) is 7.42. The van der Waals surface area contributed by atoms with E-state index in [-0.39, 0.29) is 5.41 Å². The van der Waals surface area contributed by atoms with E-state index in [1.165, 1.54) is 73.6 Å². The summed E-state index contributed by atoms with van der Waals surface area (Å²) in [6.45, 7) is 4.58. The van der Waals surface area contributed by atoms with E-state index in [0.717, 1.165) is 5.69 Å². The van der Waals surface area contributed by atoms with Gasteiger partial charge in [0.15, 0.2) is 0 Å². The first-order valence-corrected chi connectivity index (χ1v) is 9.73. The number of hydrogen-bond acceptors (Lipinski definition) is 1. The first-order chi connectivity index (χ1) is 11.7. The third-order valence-electron chi connectivity index (χ3n) is 5.71. The molecular formula is C23H31N. The molecule has 128 valence electrons. The topological polar surface area (TPSA) is 26.0 Å². The van der Waals surface area contributed by atoms with Crippen LogP contribution in [0.25, 0.3) is 11.1 Å². The molecule has 2 aromatic carbocycles. The molecule has 1 aliphatic carbocycles. The predicted molar refractivity (Wildman–Crippen MR) is 105 cm³/mol. The minimum Gasteiger partial charge on any atom is -0.399 e. The van der Waals surface area contributed by atoms with E-state index in [1.54, 1.807) is 0 Å². The van der Waals surface area contributed by atoms with Crippen LogP contribution in [0.5, 0.6) is 0 Å². The second-order valence-electron chi connectivity index (χ2n) is 7.35. The molecule has 0 heterocycles. The fourth-order valence-electron chi connectivity index (χ4n) is 4.49. The maximum atomic E-state index is 6.20. The van der Waals surface area contributed by atoms with Gasteiger partial charge in [0, 0.05) is 11.1 Å². The Hall–Kier alpha value is -1.76. The molecule has 0 aliphatic heterocycles. The van der Waals surface area contributed by atoms with Gasteiger partial charge in [0.2, 0.25) is 0 Å². The van der Waals surface area contributed by atoms with Crippen LogP contribution in [0.3, 0.4) is 0 Å². The highest BCUT2D eigenvalue weighted by atomic mass is 14.6. The van der Waals surface area contributed by atoms with Gasteiger partial charge in [-0.1, -0.05) is 82.7 Å². The molecule has 2 N–H and O–H groups in total. The Morgan fingerprint density at radius 2 is 1.38 bits per heavy atom. The van der Waals surface area contributed by atoms with Crippen molar-refractivity contribution in [3.05, 3.63) is 53.6 Å². The average molecular weight is 322 g/mol. The summed E-state index contributed by atoms with van der Waals surface area (Å²) in [6.07, 6.45) is 10.3. The molecule has 0 unspecified atom stereocenters. The molecule has 0 atom stereocenters. The Morgan fingerprint density at radius 1 is 0.750 bits per heavy atom. The lowest BCUT2D eigenvalue weighted by Crippen LogP contribution is -2.25. The van der Waals surface area contributed by atoms with E-state index in [9.17, 15) is 0 Å². The monoisotopic (exact) mass is 321 g/mol. The van der Waals surface area contributed by atoms with Crippen molar-refractivity contribution >= 4 is 5.69 Å². The van der Waals surface area contributed by atoms with Crippen molar-refractivity contribution in [3.8, 4) is 11.1 Å². The van der Waals surface area contributed by atoms with Crippen LogP contribution in [0.15, 0.2) is 42.5 Å². The summed E-state index contributed by atoms with van der Waals surface area (Å²) in [5, 5.41) is 0. The zero-order valence-corrected chi connectivity index (χ0v) is 15.3. The molecule has 0 amide bonds. The number of unbranched alkanes of at least 4 members (excludes halogenated alkanes) is 4. The fraction of sp³-hybridized carbons (Fsp3) is 0.478. The quantitative estimate of drug-likeness (QED) is 0.425. The summed E-state index contributed by atoms with van der Waals surface area (Å²) in [4.78, 5) is 0. The van der Waals surface area contributed by atoms with Crippen LogP contribution in [-0.4, -0.2) is 0 Å². The molecule has 24 heavy (non-hydrogen) atoms. The van der Waals surface area contributed by atoms with Crippen LogP contribution in [-0.2, 0) is 5.41 Å². The van der Waals surface area contributed by atoms with Crippen LogP contribution >= 0.6 is 0 Å². The number of rotatable bonds is 8. The minimum atomic E-state index is 0.172. The van der Waals surface area contributed by atoms with Crippen molar-refractivity contribution in [3.63, 3.8) is 0 Å². The largest absolute Gasteiger partial charge is 0.399 e. The van der Waals surface area contributed by atoms with Crippen LogP contribution < -0.4 is 5.73 Å². The van der Waals surface area contributed by atoms with E-state index in [2.05, 4.69) is 56.3 Å². The molecular weight excluding hydrogens is 290 g/mol. The van der Waals surface area contributed by atoms with Gasteiger partial charge in [-0.15, -0.1) is 0 Å². The zero-order chi connectivity index (χ0) is 17.0. The molecule has 0 aromatic heterocycles. The number of fused-ring (bicyclic) bond motifs is 3. The SMILES string of the molecule is CCCCCC1(CCCCC)c2ccccc2-c2ccc(N)cc21. The molecule has 0 saturated heterocycles. The molecule has 1 nitrogen and oxygen atoms in total. The Labute approximate surface area is 147 Å². The van der Waals surface area contributed by atoms with Crippen molar-refractivity contribution in [2.75, 3.05) is 5.73 Å². The van der Waals surface area contributed by atoms with Gasteiger partial charge in [-0.2, -0.15) is 0 Å². The molecule has 0 radical (unpaired) electrons. The Morgan fingerprint density at radius 3 is 2.04 bits per heavy atom. The maximum Gasteiger partial charge on any atom is 0.0317 e. The van der Waals surface area contributed by atoms with E-state index in [0.29, 0.717) is 0 Å². The van der Waals surface area contributed by atoms with Crippen molar-refractivity contribution in [1.82, 2.24) is 0 Å². The van der Waals surface area contributed by atoms with Gasteiger partial charge in [-0.25, -0.2) is 0 Å².